The molecule has 4 nitrogen and oxygen atoms in total. The number of nitrogens with zero attached hydrogens (tertiary/aromatic N) is 1. The molecule has 0 aromatic carbocycles. The van der Waals surface area contributed by atoms with Crippen molar-refractivity contribution < 1.29 is 4.79 Å². The van der Waals surface area contributed by atoms with E-state index >= 15 is 0 Å². The molecule has 1 aliphatic carbocycles. The third kappa shape index (κ3) is 3.85. The molecule has 0 fully saturated rings. The van der Waals surface area contributed by atoms with Crippen molar-refractivity contribution in [3.05, 3.63) is 23.5 Å². The Bertz CT molecular complexity index is 451. The summed E-state index contributed by atoms with van der Waals surface area (Å²) < 4.78 is 2.04. The molecule has 2 N–H and O–H groups in total. The smallest absolute Gasteiger partial charge is 0.239 e. The highest BCUT2D eigenvalue weighted by Crippen LogP contribution is 2.29. The van der Waals surface area contributed by atoms with E-state index in [-0.39, 0.29) is 5.91 Å². The molecule has 0 saturated heterocycles. The van der Waals surface area contributed by atoms with Crippen LogP contribution < -0.4 is 10.6 Å². The van der Waals surface area contributed by atoms with Crippen molar-refractivity contribution in [3.8, 4) is 0 Å². The van der Waals surface area contributed by atoms with Gasteiger partial charge in [0.1, 0.15) is 6.54 Å². The topological polar surface area (TPSA) is 46.1 Å². The fourth-order valence-corrected chi connectivity index (χ4v) is 2.85. The second-order valence-corrected chi connectivity index (χ2v) is 6.20. The van der Waals surface area contributed by atoms with E-state index in [1.807, 2.05) is 11.6 Å². The first-order valence-electron chi connectivity index (χ1n) is 7.72. The third-order valence-corrected chi connectivity index (χ3v) is 3.94. The summed E-state index contributed by atoms with van der Waals surface area (Å²) in [6.07, 6.45) is 9.14. The quantitative estimate of drug-likeness (QED) is 0.811. The predicted molar refractivity (Wildman–Crippen MR) is 81.6 cm³/mol. The summed E-state index contributed by atoms with van der Waals surface area (Å²) in [5.74, 6) is 0.596. The first-order chi connectivity index (χ1) is 9.60. The van der Waals surface area contributed by atoms with Crippen LogP contribution in [0.1, 0.15) is 50.3 Å². The van der Waals surface area contributed by atoms with Gasteiger partial charge in [0.2, 0.25) is 5.91 Å². The Kier molecular flexibility index (Phi) is 5.24. The van der Waals surface area contributed by atoms with Gasteiger partial charge in [0.15, 0.2) is 0 Å². The highest BCUT2D eigenvalue weighted by Gasteiger charge is 2.19. The van der Waals surface area contributed by atoms with Gasteiger partial charge in [-0.2, -0.15) is 0 Å². The molecule has 1 aliphatic rings. The fraction of sp³-hybridized carbons (Fsp3) is 0.688. The maximum absolute atomic E-state index is 11.9. The average molecular weight is 277 g/mol. The van der Waals surface area contributed by atoms with E-state index in [2.05, 4.69) is 36.9 Å². The van der Waals surface area contributed by atoms with Crippen molar-refractivity contribution in [2.75, 3.05) is 13.6 Å². The Hall–Kier alpha value is -1.29. The number of carbonyl (C=O) groups excluding carboxylic acids is 1. The Morgan fingerprint density at radius 2 is 2.20 bits per heavy atom. The molecule has 2 rings (SSSR count). The van der Waals surface area contributed by atoms with Crippen LogP contribution in [0.25, 0.3) is 0 Å². The van der Waals surface area contributed by atoms with E-state index in [0.717, 1.165) is 13.0 Å². The zero-order valence-electron chi connectivity index (χ0n) is 12.9. The van der Waals surface area contributed by atoms with Crippen molar-refractivity contribution in [3.63, 3.8) is 0 Å². The molecule has 0 saturated carbocycles. The van der Waals surface area contributed by atoms with Gasteiger partial charge in [-0.15, -0.1) is 0 Å². The van der Waals surface area contributed by atoms with Gasteiger partial charge in [0.25, 0.3) is 0 Å². The Labute approximate surface area is 121 Å². The fourth-order valence-electron chi connectivity index (χ4n) is 2.85. The first kappa shape index (κ1) is 15.1. The summed E-state index contributed by atoms with van der Waals surface area (Å²) in [6.45, 7) is 5.39. The van der Waals surface area contributed by atoms with Gasteiger partial charge in [-0.05, 0) is 43.4 Å². The molecule has 1 atom stereocenters. The summed E-state index contributed by atoms with van der Waals surface area (Å²) in [4.78, 5) is 11.9. The van der Waals surface area contributed by atoms with Crippen LogP contribution in [-0.2, 0) is 17.8 Å². The van der Waals surface area contributed by atoms with E-state index in [1.165, 1.54) is 30.4 Å². The molecular weight excluding hydrogens is 250 g/mol. The number of hydrogen-bond acceptors (Lipinski definition) is 2. The number of aromatic nitrogens is 1. The van der Waals surface area contributed by atoms with E-state index < -0.39 is 0 Å². The van der Waals surface area contributed by atoms with E-state index in [9.17, 15) is 4.79 Å². The molecule has 1 aromatic heterocycles. The SMILES string of the molecule is CNC1CCCCc2cn(CC(=O)NCC(C)C)cc21. The van der Waals surface area contributed by atoms with Crippen LogP contribution in [0.5, 0.6) is 0 Å². The summed E-state index contributed by atoms with van der Waals surface area (Å²) in [7, 11) is 2.02. The minimum absolute atomic E-state index is 0.102. The molecule has 0 radical (unpaired) electrons. The Morgan fingerprint density at radius 1 is 1.40 bits per heavy atom. The summed E-state index contributed by atoms with van der Waals surface area (Å²) >= 11 is 0. The molecule has 4 heteroatoms. The Morgan fingerprint density at radius 3 is 2.90 bits per heavy atom. The zero-order valence-corrected chi connectivity index (χ0v) is 12.9. The molecule has 0 bridgehead atoms. The highest BCUT2D eigenvalue weighted by molar-refractivity contribution is 5.75. The normalized spacial score (nSPS) is 18.7. The largest absolute Gasteiger partial charge is 0.354 e. The van der Waals surface area contributed by atoms with Crippen molar-refractivity contribution in [1.82, 2.24) is 15.2 Å². The number of nitrogens with one attached hydrogen (secondary N) is 2. The molecule has 1 amide bonds. The lowest BCUT2D eigenvalue weighted by atomic mass is 10.1. The van der Waals surface area contributed by atoms with Crippen molar-refractivity contribution >= 4 is 5.91 Å². The third-order valence-electron chi connectivity index (χ3n) is 3.94. The van der Waals surface area contributed by atoms with E-state index in [4.69, 9.17) is 0 Å². The Balaban J connectivity index is 2.02. The van der Waals surface area contributed by atoms with Crippen LogP contribution in [0.4, 0.5) is 0 Å². The number of amides is 1. The maximum Gasteiger partial charge on any atom is 0.239 e. The maximum atomic E-state index is 11.9. The molecule has 20 heavy (non-hydrogen) atoms. The van der Waals surface area contributed by atoms with Gasteiger partial charge in [-0.25, -0.2) is 0 Å². The summed E-state index contributed by atoms with van der Waals surface area (Å²) in [6, 6.07) is 0.437. The van der Waals surface area contributed by atoms with Crippen LogP contribution in [-0.4, -0.2) is 24.1 Å². The highest BCUT2D eigenvalue weighted by atomic mass is 16.1. The van der Waals surface area contributed by atoms with Crippen LogP contribution in [0.2, 0.25) is 0 Å². The zero-order chi connectivity index (χ0) is 14.5. The molecule has 1 unspecified atom stereocenters. The molecule has 1 aromatic rings. The van der Waals surface area contributed by atoms with Gasteiger partial charge in [0, 0.05) is 25.0 Å². The van der Waals surface area contributed by atoms with Gasteiger partial charge >= 0.3 is 0 Å². The van der Waals surface area contributed by atoms with Gasteiger partial charge < -0.3 is 15.2 Å². The number of hydrogen-bond donors (Lipinski definition) is 2. The van der Waals surface area contributed by atoms with Crippen LogP contribution >= 0.6 is 0 Å². The molecule has 1 heterocycles. The summed E-state index contributed by atoms with van der Waals surface area (Å²) in [5, 5.41) is 6.37. The summed E-state index contributed by atoms with van der Waals surface area (Å²) in [5.41, 5.74) is 2.78. The van der Waals surface area contributed by atoms with E-state index in [1.54, 1.807) is 0 Å². The van der Waals surface area contributed by atoms with Crippen molar-refractivity contribution in [2.45, 2.75) is 52.1 Å². The monoisotopic (exact) mass is 277 g/mol. The van der Waals surface area contributed by atoms with Crippen LogP contribution in [0.3, 0.4) is 0 Å². The van der Waals surface area contributed by atoms with Crippen LogP contribution in [0.15, 0.2) is 12.4 Å². The molecule has 0 spiro atoms. The number of fused-ring (bicyclic) bond motifs is 1. The number of aryl methyl sites for hydroxylation is 1. The lowest BCUT2D eigenvalue weighted by molar-refractivity contribution is -0.121. The number of rotatable bonds is 5. The lowest BCUT2D eigenvalue weighted by Gasteiger charge is -2.13. The second kappa shape index (κ2) is 6.93. The molecule has 0 aliphatic heterocycles. The van der Waals surface area contributed by atoms with Crippen molar-refractivity contribution in [2.24, 2.45) is 5.92 Å². The van der Waals surface area contributed by atoms with Crippen molar-refractivity contribution in [1.29, 1.82) is 0 Å². The standard InChI is InChI=1S/C16H27N3O/c1-12(2)8-18-16(20)11-19-9-13-6-4-5-7-15(17-3)14(13)10-19/h9-10,12,15,17H,4-8,11H2,1-3H3,(H,18,20). The molecule has 112 valence electrons. The van der Waals surface area contributed by atoms with Gasteiger partial charge in [-0.1, -0.05) is 20.3 Å². The molecular formula is C16H27N3O. The minimum atomic E-state index is 0.102. The van der Waals surface area contributed by atoms with Gasteiger partial charge in [-0.3, -0.25) is 4.79 Å². The predicted octanol–water partition coefficient (Wildman–Crippen LogP) is 2.25. The van der Waals surface area contributed by atoms with Crippen LogP contribution in [0, 0.1) is 5.92 Å². The minimum Gasteiger partial charge on any atom is -0.354 e. The van der Waals surface area contributed by atoms with Gasteiger partial charge in [0.05, 0.1) is 0 Å². The second-order valence-electron chi connectivity index (χ2n) is 6.20. The average Bonchev–Trinajstić information content (AvgIpc) is 2.69. The first-order valence-corrected chi connectivity index (χ1v) is 7.72. The van der Waals surface area contributed by atoms with E-state index in [0.29, 0.717) is 18.5 Å². The number of carbonyl (C=O) groups is 1. The lowest BCUT2D eigenvalue weighted by Crippen LogP contribution is -2.30.